The number of amides is 1. The maximum atomic E-state index is 11.8. The van der Waals surface area contributed by atoms with Gasteiger partial charge in [-0.15, -0.1) is 0 Å². The molecule has 1 N–H and O–H groups in total. The highest BCUT2D eigenvalue weighted by Crippen LogP contribution is 2.06. The summed E-state index contributed by atoms with van der Waals surface area (Å²) in [4.78, 5) is 23.7. The van der Waals surface area contributed by atoms with Crippen molar-refractivity contribution in [2.75, 3.05) is 13.1 Å². The number of hydrogen-bond donors (Lipinski definition) is 1. The van der Waals surface area contributed by atoms with Gasteiger partial charge in [0.2, 0.25) is 5.91 Å². The second-order valence-corrected chi connectivity index (χ2v) is 4.14. The van der Waals surface area contributed by atoms with Crippen LogP contribution in [0, 0.1) is 0 Å². The van der Waals surface area contributed by atoms with E-state index in [1.807, 2.05) is 30.3 Å². The molecule has 1 aromatic rings. The summed E-state index contributed by atoms with van der Waals surface area (Å²) in [6, 6.07) is 9.96. The van der Waals surface area contributed by atoms with E-state index < -0.39 is 5.97 Å². The Morgan fingerprint density at radius 1 is 1.22 bits per heavy atom. The smallest absolute Gasteiger partial charge is 0.323 e. The standard InChI is InChI=1S/C14H19NO3/c1-2-15(11-14(17)18)13(16)10-6-9-12-7-4-3-5-8-12/h3-5,7-8H,2,6,9-11H2,1H3,(H,17,18). The predicted octanol–water partition coefficient (Wildman–Crippen LogP) is 1.94. The van der Waals surface area contributed by atoms with Gasteiger partial charge in [-0.2, -0.15) is 0 Å². The maximum absolute atomic E-state index is 11.8. The van der Waals surface area contributed by atoms with Crippen LogP contribution >= 0.6 is 0 Å². The summed E-state index contributed by atoms with van der Waals surface area (Å²) in [5, 5.41) is 8.67. The lowest BCUT2D eigenvalue weighted by Gasteiger charge is -2.18. The van der Waals surface area contributed by atoms with E-state index in [1.165, 1.54) is 10.5 Å². The number of nitrogens with zero attached hydrogens (tertiary/aromatic N) is 1. The lowest BCUT2D eigenvalue weighted by molar-refractivity contribution is -0.144. The zero-order chi connectivity index (χ0) is 13.4. The molecule has 0 radical (unpaired) electrons. The Morgan fingerprint density at radius 3 is 2.44 bits per heavy atom. The van der Waals surface area contributed by atoms with Crippen molar-refractivity contribution in [3.63, 3.8) is 0 Å². The summed E-state index contributed by atoms with van der Waals surface area (Å²) in [6.45, 7) is 2.02. The summed E-state index contributed by atoms with van der Waals surface area (Å²) < 4.78 is 0. The number of aryl methyl sites for hydroxylation is 1. The summed E-state index contributed by atoms with van der Waals surface area (Å²) >= 11 is 0. The molecule has 0 unspecified atom stereocenters. The van der Waals surface area contributed by atoms with E-state index in [4.69, 9.17) is 5.11 Å². The fourth-order valence-corrected chi connectivity index (χ4v) is 1.79. The number of carbonyl (C=O) groups is 2. The highest BCUT2D eigenvalue weighted by Gasteiger charge is 2.14. The van der Waals surface area contributed by atoms with Crippen LogP contribution in [0.1, 0.15) is 25.3 Å². The second kappa shape index (κ2) is 7.48. The Morgan fingerprint density at radius 2 is 1.89 bits per heavy atom. The first kappa shape index (κ1) is 14.2. The normalized spacial score (nSPS) is 10.1. The first-order chi connectivity index (χ1) is 8.63. The van der Waals surface area contributed by atoms with Crippen LogP contribution in [-0.2, 0) is 16.0 Å². The lowest BCUT2D eigenvalue weighted by Crippen LogP contribution is -2.35. The average molecular weight is 249 g/mol. The van der Waals surface area contributed by atoms with Gasteiger partial charge in [-0.25, -0.2) is 0 Å². The Labute approximate surface area is 107 Å². The first-order valence-corrected chi connectivity index (χ1v) is 6.17. The Kier molecular flexibility index (Phi) is 5.91. The van der Waals surface area contributed by atoms with E-state index in [-0.39, 0.29) is 12.5 Å². The lowest BCUT2D eigenvalue weighted by atomic mass is 10.1. The van der Waals surface area contributed by atoms with E-state index in [2.05, 4.69) is 0 Å². The van der Waals surface area contributed by atoms with Crippen molar-refractivity contribution < 1.29 is 14.7 Å². The van der Waals surface area contributed by atoms with Crippen molar-refractivity contribution in [3.05, 3.63) is 35.9 Å². The first-order valence-electron chi connectivity index (χ1n) is 6.17. The topological polar surface area (TPSA) is 57.6 Å². The monoisotopic (exact) mass is 249 g/mol. The quantitative estimate of drug-likeness (QED) is 0.803. The van der Waals surface area contributed by atoms with Crippen LogP contribution in [0.4, 0.5) is 0 Å². The number of likely N-dealkylation sites (N-methyl/N-ethyl adjacent to an activating group) is 1. The second-order valence-electron chi connectivity index (χ2n) is 4.14. The molecule has 0 aromatic heterocycles. The molecule has 0 saturated carbocycles. The number of carboxylic acid groups (broad SMARTS) is 1. The number of benzene rings is 1. The van der Waals surface area contributed by atoms with Crippen LogP contribution < -0.4 is 0 Å². The number of carboxylic acids is 1. The van der Waals surface area contributed by atoms with Gasteiger partial charge in [0.1, 0.15) is 6.54 Å². The van der Waals surface area contributed by atoms with Crippen molar-refractivity contribution >= 4 is 11.9 Å². The van der Waals surface area contributed by atoms with Gasteiger partial charge in [-0.3, -0.25) is 9.59 Å². The van der Waals surface area contributed by atoms with Gasteiger partial charge in [0, 0.05) is 13.0 Å². The number of rotatable bonds is 7. The molecule has 4 heteroatoms. The Bertz CT molecular complexity index is 389. The van der Waals surface area contributed by atoms with Gasteiger partial charge in [-0.1, -0.05) is 30.3 Å². The number of aliphatic carboxylic acids is 1. The minimum Gasteiger partial charge on any atom is -0.480 e. The van der Waals surface area contributed by atoms with Crippen molar-refractivity contribution in [1.82, 2.24) is 4.90 Å². The van der Waals surface area contributed by atoms with Crippen molar-refractivity contribution in [2.24, 2.45) is 0 Å². The molecule has 1 rings (SSSR count). The minimum atomic E-state index is -0.965. The van der Waals surface area contributed by atoms with E-state index >= 15 is 0 Å². The molecule has 0 aliphatic heterocycles. The third kappa shape index (κ3) is 4.99. The molecular weight excluding hydrogens is 230 g/mol. The largest absolute Gasteiger partial charge is 0.480 e. The molecule has 0 bridgehead atoms. The van der Waals surface area contributed by atoms with Crippen LogP contribution in [0.25, 0.3) is 0 Å². The summed E-state index contributed by atoms with van der Waals surface area (Å²) in [5.41, 5.74) is 1.20. The molecule has 0 atom stereocenters. The number of hydrogen-bond acceptors (Lipinski definition) is 2. The minimum absolute atomic E-state index is 0.0872. The Hall–Kier alpha value is -1.84. The van der Waals surface area contributed by atoms with Gasteiger partial charge in [0.15, 0.2) is 0 Å². The van der Waals surface area contributed by atoms with Crippen molar-refractivity contribution in [2.45, 2.75) is 26.2 Å². The Balaban J connectivity index is 2.34. The highest BCUT2D eigenvalue weighted by atomic mass is 16.4. The molecule has 0 aliphatic rings. The summed E-state index contributed by atoms with van der Waals surface area (Å²) in [6.07, 6.45) is 1.99. The van der Waals surface area contributed by atoms with Crippen LogP contribution in [0.3, 0.4) is 0 Å². The van der Waals surface area contributed by atoms with Crippen LogP contribution in [0.2, 0.25) is 0 Å². The molecule has 0 fully saturated rings. The van der Waals surface area contributed by atoms with E-state index in [0.29, 0.717) is 13.0 Å². The molecule has 98 valence electrons. The molecule has 1 amide bonds. The van der Waals surface area contributed by atoms with E-state index in [0.717, 1.165) is 12.8 Å². The van der Waals surface area contributed by atoms with Crippen LogP contribution in [-0.4, -0.2) is 35.0 Å². The van der Waals surface area contributed by atoms with Gasteiger partial charge in [0.25, 0.3) is 0 Å². The fraction of sp³-hybridized carbons (Fsp3) is 0.429. The molecule has 0 aliphatic carbocycles. The third-order valence-electron chi connectivity index (χ3n) is 2.76. The van der Waals surface area contributed by atoms with Crippen molar-refractivity contribution in [3.8, 4) is 0 Å². The van der Waals surface area contributed by atoms with Crippen molar-refractivity contribution in [1.29, 1.82) is 0 Å². The predicted molar refractivity (Wildman–Crippen MR) is 69.3 cm³/mol. The molecule has 4 nitrogen and oxygen atoms in total. The molecule has 0 spiro atoms. The van der Waals surface area contributed by atoms with Crippen LogP contribution in [0.15, 0.2) is 30.3 Å². The van der Waals surface area contributed by atoms with Gasteiger partial charge < -0.3 is 10.0 Å². The zero-order valence-corrected chi connectivity index (χ0v) is 10.6. The highest BCUT2D eigenvalue weighted by molar-refractivity contribution is 5.81. The molecule has 18 heavy (non-hydrogen) atoms. The van der Waals surface area contributed by atoms with E-state index in [9.17, 15) is 9.59 Å². The van der Waals surface area contributed by atoms with Gasteiger partial charge in [0.05, 0.1) is 0 Å². The maximum Gasteiger partial charge on any atom is 0.323 e. The van der Waals surface area contributed by atoms with Gasteiger partial charge in [-0.05, 0) is 25.3 Å². The molecule has 0 heterocycles. The summed E-state index contributed by atoms with van der Waals surface area (Å²) in [7, 11) is 0. The van der Waals surface area contributed by atoms with Gasteiger partial charge >= 0.3 is 5.97 Å². The summed E-state index contributed by atoms with van der Waals surface area (Å²) in [5.74, 6) is -1.05. The molecular formula is C14H19NO3. The fourth-order valence-electron chi connectivity index (χ4n) is 1.79. The number of carbonyl (C=O) groups excluding carboxylic acids is 1. The zero-order valence-electron chi connectivity index (χ0n) is 10.6. The average Bonchev–Trinajstić information content (AvgIpc) is 2.36. The SMILES string of the molecule is CCN(CC(=O)O)C(=O)CCCc1ccccc1. The van der Waals surface area contributed by atoms with E-state index in [1.54, 1.807) is 6.92 Å². The van der Waals surface area contributed by atoms with Crippen LogP contribution in [0.5, 0.6) is 0 Å². The third-order valence-corrected chi connectivity index (χ3v) is 2.76. The molecule has 1 aromatic carbocycles. The molecule has 0 saturated heterocycles.